The maximum atomic E-state index is 11.9. The third kappa shape index (κ3) is 4.87. The highest BCUT2D eigenvalue weighted by Crippen LogP contribution is 2.45. The van der Waals surface area contributed by atoms with Crippen molar-refractivity contribution in [3.63, 3.8) is 0 Å². The highest BCUT2D eigenvalue weighted by atomic mass is 35.5. The van der Waals surface area contributed by atoms with Gasteiger partial charge in [-0.2, -0.15) is 4.98 Å². The Balaban J connectivity index is 1.29. The number of aliphatic carboxylic acids is 1. The Kier molecular flexibility index (Phi) is 7.04. The number of morpholine rings is 1. The number of anilines is 1. The molecule has 5 rings (SSSR count). The lowest BCUT2D eigenvalue weighted by Gasteiger charge is -2.46. The first-order chi connectivity index (χ1) is 17.7. The van der Waals surface area contributed by atoms with Crippen molar-refractivity contribution in [1.29, 1.82) is 0 Å². The van der Waals surface area contributed by atoms with Gasteiger partial charge >= 0.3 is 5.97 Å². The fourth-order valence-corrected chi connectivity index (χ4v) is 5.68. The molecule has 1 saturated heterocycles. The van der Waals surface area contributed by atoms with Crippen molar-refractivity contribution < 1.29 is 24.1 Å². The second-order valence-corrected chi connectivity index (χ2v) is 10.7. The number of carboxylic acids is 1. The van der Waals surface area contributed by atoms with Crippen LogP contribution >= 0.6 is 11.6 Å². The summed E-state index contributed by atoms with van der Waals surface area (Å²) in [5.74, 6) is -0.861. The summed E-state index contributed by atoms with van der Waals surface area (Å²) in [4.78, 5) is 26.6. The number of hydrogen-bond acceptors (Lipinski definition) is 7. The summed E-state index contributed by atoms with van der Waals surface area (Å²) in [6, 6.07) is 10.4. The van der Waals surface area contributed by atoms with Crippen LogP contribution in [-0.2, 0) is 14.3 Å². The van der Waals surface area contributed by atoms with Gasteiger partial charge in [0.1, 0.15) is 6.10 Å². The first-order valence-electron chi connectivity index (χ1n) is 12.7. The Morgan fingerprint density at radius 2 is 1.86 bits per heavy atom. The molecule has 3 aromatic rings. The summed E-state index contributed by atoms with van der Waals surface area (Å²) in [5.41, 5.74) is 2.23. The summed E-state index contributed by atoms with van der Waals surface area (Å²) < 4.78 is 17.4. The zero-order chi connectivity index (χ0) is 26.2. The molecule has 0 radical (unpaired) electrons. The standard InChI is InChI=1S/C27H33ClN4O5/c1-26(2,24(33)34)27(35-3)10-8-19(9-11-27)37-25-29-21-16-20(28)22(30-23(21)31-25)17-4-6-18(7-5-17)32-12-14-36-15-13-32/h4-7,16,19H,8-15H2,1-3H3,(H,33,34)(H,29,30,31). The Bertz CT molecular complexity index is 1260. The van der Waals surface area contributed by atoms with E-state index in [1.165, 1.54) is 0 Å². The van der Waals surface area contributed by atoms with Crippen LogP contribution in [0.25, 0.3) is 22.4 Å². The Hall–Kier alpha value is -2.88. The van der Waals surface area contributed by atoms with Crippen LogP contribution in [0, 0.1) is 5.41 Å². The number of aromatic nitrogens is 3. The molecular formula is C27H33ClN4O5. The second-order valence-electron chi connectivity index (χ2n) is 10.3. The molecule has 1 aliphatic heterocycles. The van der Waals surface area contributed by atoms with E-state index < -0.39 is 17.0 Å². The van der Waals surface area contributed by atoms with Crippen LogP contribution in [0.4, 0.5) is 5.69 Å². The monoisotopic (exact) mass is 528 g/mol. The van der Waals surface area contributed by atoms with Gasteiger partial charge in [-0.25, -0.2) is 4.98 Å². The molecule has 10 heteroatoms. The zero-order valence-corrected chi connectivity index (χ0v) is 22.2. The van der Waals surface area contributed by atoms with Crippen molar-refractivity contribution in [2.75, 3.05) is 38.3 Å². The molecule has 2 aromatic heterocycles. The number of carbonyl (C=O) groups is 1. The van der Waals surface area contributed by atoms with Crippen LogP contribution in [0.1, 0.15) is 39.5 Å². The van der Waals surface area contributed by atoms with Gasteiger partial charge in [0.2, 0.25) is 0 Å². The minimum Gasteiger partial charge on any atom is -0.481 e. The molecule has 9 nitrogen and oxygen atoms in total. The molecule has 2 fully saturated rings. The van der Waals surface area contributed by atoms with Crippen LogP contribution in [-0.4, -0.2) is 71.1 Å². The fraction of sp³-hybridized carbons (Fsp3) is 0.519. The fourth-order valence-electron chi connectivity index (χ4n) is 5.42. The van der Waals surface area contributed by atoms with Crippen molar-refractivity contribution in [3.05, 3.63) is 35.4 Å². The van der Waals surface area contributed by atoms with Gasteiger partial charge in [-0.15, -0.1) is 0 Å². The van der Waals surface area contributed by atoms with Gasteiger partial charge in [0.25, 0.3) is 6.01 Å². The normalized spacial score (nSPS) is 22.8. The van der Waals surface area contributed by atoms with Crippen LogP contribution < -0.4 is 9.64 Å². The van der Waals surface area contributed by atoms with E-state index in [0.717, 1.165) is 37.6 Å². The van der Waals surface area contributed by atoms with Crippen molar-refractivity contribution in [1.82, 2.24) is 15.0 Å². The van der Waals surface area contributed by atoms with Gasteiger partial charge < -0.3 is 29.2 Å². The number of halogens is 1. The van der Waals surface area contributed by atoms with Crippen molar-refractivity contribution in [2.45, 2.75) is 51.2 Å². The number of hydrogen-bond donors (Lipinski definition) is 2. The summed E-state index contributed by atoms with van der Waals surface area (Å²) in [6.07, 6.45) is 2.40. The summed E-state index contributed by atoms with van der Waals surface area (Å²) in [6.45, 7) is 6.69. The molecule has 0 unspecified atom stereocenters. The third-order valence-electron chi connectivity index (χ3n) is 8.00. The van der Waals surface area contributed by atoms with Crippen molar-refractivity contribution in [2.24, 2.45) is 5.41 Å². The molecule has 198 valence electrons. The number of nitrogens with zero attached hydrogens (tertiary/aromatic N) is 3. The molecule has 2 aliphatic rings. The largest absolute Gasteiger partial charge is 0.481 e. The number of nitrogens with one attached hydrogen (secondary N) is 1. The predicted molar refractivity (Wildman–Crippen MR) is 141 cm³/mol. The van der Waals surface area contributed by atoms with Crippen molar-refractivity contribution in [3.8, 4) is 17.3 Å². The first-order valence-corrected chi connectivity index (χ1v) is 13.0. The quantitative estimate of drug-likeness (QED) is 0.444. The van der Waals surface area contributed by atoms with Gasteiger partial charge in [-0.3, -0.25) is 4.79 Å². The van der Waals surface area contributed by atoms with Gasteiger partial charge in [0, 0.05) is 31.5 Å². The minimum absolute atomic E-state index is 0.101. The molecule has 37 heavy (non-hydrogen) atoms. The number of ether oxygens (including phenoxy) is 3. The number of H-pyrrole nitrogens is 1. The van der Waals surface area contributed by atoms with Crippen LogP contribution in [0.15, 0.2) is 30.3 Å². The molecule has 0 amide bonds. The molecule has 1 saturated carbocycles. The number of aromatic amines is 1. The molecule has 3 heterocycles. The second kappa shape index (κ2) is 10.1. The molecule has 1 aliphatic carbocycles. The summed E-state index contributed by atoms with van der Waals surface area (Å²) in [7, 11) is 1.59. The molecule has 0 atom stereocenters. The van der Waals surface area contributed by atoms with Gasteiger partial charge in [0.05, 0.1) is 40.5 Å². The Morgan fingerprint density at radius 1 is 1.19 bits per heavy atom. The summed E-state index contributed by atoms with van der Waals surface area (Å²) >= 11 is 6.60. The van der Waals surface area contributed by atoms with E-state index in [2.05, 4.69) is 27.0 Å². The maximum Gasteiger partial charge on any atom is 0.312 e. The van der Waals surface area contributed by atoms with Crippen LogP contribution in [0.3, 0.4) is 0 Å². The predicted octanol–water partition coefficient (Wildman–Crippen LogP) is 4.93. The maximum absolute atomic E-state index is 11.9. The third-order valence-corrected chi connectivity index (χ3v) is 8.29. The number of fused-ring (bicyclic) bond motifs is 1. The zero-order valence-electron chi connectivity index (χ0n) is 21.4. The number of rotatable bonds is 7. The lowest BCUT2D eigenvalue weighted by Crippen LogP contribution is -2.54. The van der Waals surface area contributed by atoms with E-state index >= 15 is 0 Å². The van der Waals surface area contributed by atoms with E-state index in [1.807, 2.05) is 18.2 Å². The number of methoxy groups -OCH3 is 1. The molecule has 0 spiro atoms. The minimum atomic E-state index is -0.996. The highest BCUT2D eigenvalue weighted by Gasteiger charge is 2.52. The molecular weight excluding hydrogens is 496 g/mol. The van der Waals surface area contributed by atoms with Crippen molar-refractivity contribution >= 4 is 34.4 Å². The van der Waals surface area contributed by atoms with Crippen LogP contribution in [0.2, 0.25) is 5.02 Å². The lowest BCUT2D eigenvalue weighted by molar-refractivity contribution is -0.178. The average Bonchev–Trinajstić information content (AvgIpc) is 3.30. The van der Waals surface area contributed by atoms with Gasteiger partial charge in [-0.1, -0.05) is 23.7 Å². The Labute approximate surface area is 221 Å². The number of imidazole rings is 1. The average molecular weight is 529 g/mol. The van der Waals surface area contributed by atoms with Crippen LogP contribution in [0.5, 0.6) is 6.01 Å². The molecule has 0 bridgehead atoms. The topological polar surface area (TPSA) is 110 Å². The SMILES string of the molecule is COC1(C(C)(C)C(=O)O)CCC(Oc2nc3nc(-c4ccc(N5CCOCC5)cc4)c(Cl)cc3[nH]2)CC1. The van der Waals surface area contributed by atoms with E-state index in [1.54, 1.807) is 21.0 Å². The summed E-state index contributed by atoms with van der Waals surface area (Å²) in [5, 5.41) is 10.2. The Morgan fingerprint density at radius 3 is 2.49 bits per heavy atom. The number of carboxylic acid groups (broad SMARTS) is 1. The first kappa shape index (κ1) is 25.8. The molecule has 2 N–H and O–H groups in total. The number of pyridine rings is 1. The highest BCUT2D eigenvalue weighted by molar-refractivity contribution is 6.33. The molecule has 1 aromatic carbocycles. The number of benzene rings is 1. The van der Waals surface area contributed by atoms with E-state index in [-0.39, 0.29) is 6.10 Å². The van der Waals surface area contributed by atoms with E-state index in [4.69, 9.17) is 30.8 Å². The van der Waals surface area contributed by atoms with Gasteiger partial charge in [0.15, 0.2) is 5.65 Å². The lowest BCUT2D eigenvalue weighted by atomic mass is 9.66. The van der Waals surface area contributed by atoms with E-state index in [0.29, 0.717) is 53.6 Å². The van der Waals surface area contributed by atoms with E-state index in [9.17, 15) is 9.90 Å². The smallest absolute Gasteiger partial charge is 0.312 e. The van der Waals surface area contributed by atoms with Gasteiger partial charge in [-0.05, 0) is 57.7 Å².